The van der Waals surface area contributed by atoms with Gasteiger partial charge in [0.05, 0.1) is 11.0 Å². The van der Waals surface area contributed by atoms with Crippen molar-refractivity contribution in [2.24, 2.45) is 14.1 Å². The summed E-state index contributed by atoms with van der Waals surface area (Å²) in [5.74, 6) is 0.130. The number of imidazole rings is 1. The zero-order valence-electron chi connectivity index (χ0n) is 10.4. The van der Waals surface area contributed by atoms with E-state index in [0.29, 0.717) is 12.0 Å². The SMILES string of the molecule is CCCC(=O)c1ccc2c(c1)n(C)c(=O)n2C. The minimum Gasteiger partial charge on any atom is -0.295 e. The van der Waals surface area contributed by atoms with Crippen LogP contribution >= 0.6 is 0 Å². The molecule has 0 spiro atoms. The Morgan fingerprint density at radius 1 is 1.18 bits per heavy atom. The number of hydrogen-bond donors (Lipinski definition) is 0. The highest BCUT2D eigenvalue weighted by Gasteiger charge is 2.11. The molecule has 0 aliphatic carbocycles. The largest absolute Gasteiger partial charge is 0.328 e. The van der Waals surface area contributed by atoms with Gasteiger partial charge in [0, 0.05) is 26.1 Å². The van der Waals surface area contributed by atoms with Gasteiger partial charge in [0.15, 0.2) is 5.78 Å². The molecule has 0 fully saturated rings. The first-order chi connectivity index (χ1) is 8.06. The Morgan fingerprint density at radius 3 is 2.47 bits per heavy atom. The Labute approximate surface area is 99.5 Å². The van der Waals surface area contributed by atoms with Crippen LogP contribution in [-0.2, 0) is 14.1 Å². The van der Waals surface area contributed by atoms with E-state index in [4.69, 9.17) is 0 Å². The first-order valence-corrected chi connectivity index (χ1v) is 5.75. The van der Waals surface area contributed by atoms with E-state index in [-0.39, 0.29) is 11.5 Å². The summed E-state index contributed by atoms with van der Waals surface area (Å²) in [6, 6.07) is 5.42. The van der Waals surface area contributed by atoms with Crippen LogP contribution in [-0.4, -0.2) is 14.9 Å². The summed E-state index contributed by atoms with van der Waals surface area (Å²) in [7, 11) is 3.46. The van der Waals surface area contributed by atoms with Crippen molar-refractivity contribution in [2.75, 3.05) is 0 Å². The van der Waals surface area contributed by atoms with Gasteiger partial charge in [-0.3, -0.25) is 13.9 Å². The first kappa shape index (κ1) is 11.6. The fraction of sp³-hybridized carbons (Fsp3) is 0.385. The predicted molar refractivity (Wildman–Crippen MR) is 67.4 cm³/mol. The molecule has 0 saturated heterocycles. The van der Waals surface area contributed by atoms with Crippen LogP contribution in [0.4, 0.5) is 0 Å². The second-order valence-corrected chi connectivity index (χ2v) is 4.28. The second kappa shape index (κ2) is 4.20. The molecule has 0 aliphatic rings. The molecule has 1 aromatic carbocycles. The standard InChI is InChI=1S/C13H16N2O2/c1-4-5-12(16)9-6-7-10-11(8-9)15(3)13(17)14(10)2/h6-8H,4-5H2,1-3H3. The molecule has 0 radical (unpaired) electrons. The van der Waals surface area contributed by atoms with Crippen LogP contribution in [0.5, 0.6) is 0 Å². The van der Waals surface area contributed by atoms with E-state index in [9.17, 15) is 9.59 Å². The van der Waals surface area contributed by atoms with Crippen molar-refractivity contribution in [3.8, 4) is 0 Å². The Bertz CT molecular complexity index is 635. The Kier molecular flexibility index (Phi) is 2.88. The second-order valence-electron chi connectivity index (χ2n) is 4.28. The van der Waals surface area contributed by atoms with Gasteiger partial charge in [-0.05, 0) is 24.6 Å². The van der Waals surface area contributed by atoms with Gasteiger partial charge in [0.1, 0.15) is 0 Å². The first-order valence-electron chi connectivity index (χ1n) is 5.75. The summed E-state index contributed by atoms with van der Waals surface area (Å²) in [6.45, 7) is 1.98. The van der Waals surface area contributed by atoms with Gasteiger partial charge in [0.2, 0.25) is 0 Å². The molecular weight excluding hydrogens is 216 g/mol. The van der Waals surface area contributed by atoms with Crippen LogP contribution in [0.1, 0.15) is 30.1 Å². The average molecular weight is 232 g/mol. The Morgan fingerprint density at radius 2 is 1.82 bits per heavy atom. The molecule has 0 saturated carbocycles. The molecule has 0 unspecified atom stereocenters. The van der Waals surface area contributed by atoms with Gasteiger partial charge in [-0.25, -0.2) is 4.79 Å². The van der Waals surface area contributed by atoms with E-state index >= 15 is 0 Å². The number of aromatic nitrogens is 2. The molecule has 0 N–H and O–H groups in total. The van der Waals surface area contributed by atoms with Gasteiger partial charge in [0.25, 0.3) is 0 Å². The number of fused-ring (bicyclic) bond motifs is 1. The highest BCUT2D eigenvalue weighted by Crippen LogP contribution is 2.15. The summed E-state index contributed by atoms with van der Waals surface area (Å²) in [5, 5.41) is 0. The third kappa shape index (κ3) is 1.79. The molecule has 17 heavy (non-hydrogen) atoms. The van der Waals surface area contributed by atoms with E-state index in [0.717, 1.165) is 17.5 Å². The quantitative estimate of drug-likeness (QED) is 0.758. The van der Waals surface area contributed by atoms with Crippen LogP contribution in [0.3, 0.4) is 0 Å². The van der Waals surface area contributed by atoms with Gasteiger partial charge in [-0.15, -0.1) is 0 Å². The minimum absolute atomic E-state index is 0.0694. The zero-order valence-corrected chi connectivity index (χ0v) is 10.4. The number of carbonyl (C=O) groups is 1. The van der Waals surface area contributed by atoms with Crippen molar-refractivity contribution in [1.29, 1.82) is 0 Å². The molecule has 2 aromatic rings. The number of nitrogens with zero attached hydrogens (tertiary/aromatic N) is 2. The highest BCUT2D eigenvalue weighted by atomic mass is 16.1. The molecule has 1 heterocycles. The zero-order chi connectivity index (χ0) is 12.6. The Hall–Kier alpha value is -1.84. The van der Waals surface area contributed by atoms with Crippen molar-refractivity contribution in [3.63, 3.8) is 0 Å². The lowest BCUT2D eigenvalue weighted by Gasteiger charge is -2.00. The van der Waals surface area contributed by atoms with E-state index in [1.165, 1.54) is 0 Å². The average Bonchev–Trinajstić information content (AvgIpc) is 2.55. The molecule has 1 aromatic heterocycles. The van der Waals surface area contributed by atoms with Crippen molar-refractivity contribution < 1.29 is 4.79 Å². The van der Waals surface area contributed by atoms with Crippen LogP contribution in [0.15, 0.2) is 23.0 Å². The van der Waals surface area contributed by atoms with E-state index in [1.807, 2.05) is 13.0 Å². The Balaban J connectivity index is 2.62. The third-order valence-corrected chi connectivity index (χ3v) is 3.07. The normalized spacial score (nSPS) is 11.0. The minimum atomic E-state index is -0.0694. The van der Waals surface area contributed by atoms with E-state index < -0.39 is 0 Å². The van der Waals surface area contributed by atoms with Gasteiger partial charge in [-0.1, -0.05) is 6.92 Å². The fourth-order valence-corrected chi connectivity index (χ4v) is 2.05. The molecule has 0 amide bonds. The number of aryl methyl sites for hydroxylation is 2. The molecule has 4 heteroatoms. The van der Waals surface area contributed by atoms with Crippen molar-refractivity contribution in [1.82, 2.24) is 9.13 Å². The van der Waals surface area contributed by atoms with Crippen LogP contribution in [0, 0.1) is 0 Å². The number of benzene rings is 1. The van der Waals surface area contributed by atoms with E-state index in [2.05, 4.69) is 0 Å². The van der Waals surface area contributed by atoms with Gasteiger partial charge in [-0.2, -0.15) is 0 Å². The maximum atomic E-state index is 11.8. The number of rotatable bonds is 3. The van der Waals surface area contributed by atoms with Crippen molar-refractivity contribution >= 4 is 16.8 Å². The van der Waals surface area contributed by atoms with Crippen LogP contribution in [0.25, 0.3) is 11.0 Å². The topological polar surface area (TPSA) is 44.0 Å². The van der Waals surface area contributed by atoms with Crippen molar-refractivity contribution in [2.45, 2.75) is 19.8 Å². The molecule has 0 aliphatic heterocycles. The smallest absolute Gasteiger partial charge is 0.295 e. The molecule has 4 nitrogen and oxygen atoms in total. The number of ketones is 1. The van der Waals surface area contributed by atoms with Crippen LogP contribution < -0.4 is 5.69 Å². The third-order valence-electron chi connectivity index (χ3n) is 3.07. The summed E-state index contributed by atoms with van der Waals surface area (Å²) in [4.78, 5) is 23.5. The summed E-state index contributed by atoms with van der Waals surface area (Å²) in [6.07, 6.45) is 1.39. The predicted octanol–water partition coefficient (Wildman–Crippen LogP) is 1.86. The molecular formula is C13H16N2O2. The number of carbonyl (C=O) groups excluding carboxylic acids is 1. The molecule has 90 valence electrons. The molecule has 0 atom stereocenters. The summed E-state index contributed by atoms with van der Waals surface area (Å²) < 4.78 is 3.15. The number of Topliss-reactive ketones (excluding diaryl/α,β-unsaturated/α-hetero) is 1. The van der Waals surface area contributed by atoms with Gasteiger partial charge < -0.3 is 0 Å². The maximum Gasteiger partial charge on any atom is 0.328 e. The van der Waals surface area contributed by atoms with Crippen LogP contribution in [0.2, 0.25) is 0 Å². The fourth-order valence-electron chi connectivity index (χ4n) is 2.05. The highest BCUT2D eigenvalue weighted by molar-refractivity contribution is 5.98. The lowest BCUT2D eigenvalue weighted by atomic mass is 10.1. The lowest BCUT2D eigenvalue weighted by molar-refractivity contribution is 0.0982. The van der Waals surface area contributed by atoms with E-state index in [1.54, 1.807) is 35.4 Å². The molecule has 2 rings (SSSR count). The summed E-state index contributed by atoms with van der Waals surface area (Å²) in [5.41, 5.74) is 2.27. The molecule has 0 bridgehead atoms. The number of hydrogen-bond acceptors (Lipinski definition) is 2. The maximum absolute atomic E-state index is 11.8. The van der Waals surface area contributed by atoms with Gasteiger partial charge >= 0.3 is 5.69 Å². The monoisotopic (exact) mass is 232 g/mol. The summed E-state index contributed by atoms with van der Waals surface area (Å²) >= 11 is 0. The van der Waals surface area contributed by atoms with Crippen molar-refractivity contribution in [3.05, 3.63) is 34.2 Å². The lowest BCUT2D eigenvalue weighted by Crippen LogP contribution is -2.19.